The van der Waals surface area contributed by atoms with E-state index in [-0.39, 0.29) is 16.6 Å². The summed E-state index contributed by atoms with van der Waals surface area (Å²) in [6.07, 6.45) is 0.477. The van der Waals surface area contributed by atoms with E-state index in [1.54, 1.807) is 6.92 Å². The van der Waals surface area contributed by atoms with Crippen molar-refractivity contribution < 1.29 is 13.2 Å². The van der Waals surface area contributed by atoms with Gasteiger partial charge < -0.3 is 10.1 Å². The van der Waals surface area contributed by atoms with Crippen molar-refractivity contribution in [3.05, 3.63) is 0 Å². The Bertz CT molecular complexity index is 327. The van der Waals surface area contributed by atoms with E-state index in [0.717, 1.165) is 6.54 Å². The molecule has 4 nitrogen and oxygen atoms in total. The monoisotopic (exact) mass is 263 g/mol. The Balaban J connectivity index is 2.51. The molecule has 5 heteroatoms. The lowest BCUT2D eigenvalue weighted by atomic mass is 10.2. The molecule has 1 heterocycles. The first-order valence-corrected chi connectivity index (χ1v) is 8.01. The lowest BCUT2D eigenvalue weighted by molar-refractivity contribution is 0.126. The van der Waals surface area contributed by atoms with Gasteiger partial charge in [-0.15, -0.1) is 0 Å². The van der Waals surface area contributed by atoms with Crippen LogP contribution in [0.25, 0.3) is 0 Å². The molecule has 0 aromatic carbocycles. The standard InChI is InChI=1S/C12H25NO3S/c1-9(2)7-13-8-10(3)17(14,15)12-5-6-16-11(12)4/h9-13H,5-8H2,1-4H3. The Morgan fingerprint density at radius 1 is 1.29 bits per heavy atom. The first kappa shape index (κ1) is 14.9. The second kappa shape index (κ2) is 6.16. The van der Waals surface area contributed by atoms with Crippen LogP contribution in [0.1, 0.15) is 34.1 Å². The van der Waals surface area contributed by atoms with Gasteiger partial charge in [-0.2, -0.15) is 0 Å². The van der Waals surface area contributed by atoms with Crippen LogP contribution in [0.2, 0.25) is 0 Å². The van der Waals surface area contributed by atoms with Crippen molar-refractivity contribution in [3.8, 4) is 0 Å². The van der Waals surface area contributed by atoms with Crippen LogP contribution < -0.4 is 5.32 Å². The van der Waals surface area contributed by atoms with Crippen molar-refractivity contribution in [1.29, 1.82) is 0 Å². The molecule has 1 saturated heterocycles. The molecular formula is C12H25NO3S. The quantitative estimate of drug-likeness (QED) is 0.782. The highest BCUT2D eigenvalue weighted by atomic mass is 32.2. The fourth-order valence-electron chi connectivity index (χ4n) is 2.13. The van der Waals surface area contributed by atoms with Crippen molar-refractivity contribution in [2.75, 3.05) is 19.7 Å². The Kier molecular flexibility index (Phi) is 5.41. The summed E-state index contributed by atoms with van der Waals surface area (Å²) in [5, 5.41) is 2.55. The second-order valence-corrected chi connectivity index (χ2v) is 7.94. The number of rotatable bonds is 6. The van der Waals surface area contributed by atoms with Gasteiger partial charge >= 0.3 is 0 Å². The van der Waals surface area contributed by atoms with Gasteiger partial charge in [0.2, 0.25) is 0 Å². The molecule has 1 N–H and O–H groups in total. The fraction of sp³-hybridized carbons (Fsp3) is 1.00. The van der Waals surface area contributed by atoms with E-state index in [1.807, 2.05) is 6.92 Å². The van der Waals surface area contributed by atoms with Crippen LogP contribution in [-0.4, -0.2) is 44.7 Å². The van der Waals surface area contributed by atoms with Gasteiger partial charge in [0.05, 0.1) is 16.6 Å². The third-order valence-electron chi connectivity index (χ3n) is 3.27. The average molecular weight is 263 g/mol. The van der Waals surface area contributed by atoms with E-state index < -0.39 is 9.84 Å². The van der Waals surface area contributed by atoms with Gasteiger partial charge in [-0.05, 0) is 32.7 Å². The van der Waals surface area contributed by atoms with E-state index in [2.05, 4.69) is 19.2 Å². The van der Waals surface area contributed by atoms with Crippen molar-refractivity contribution in [2.24, 2.45) is 5.92 Å². The topological polar surface area (TPSA) is 55.4 Å². The summed E-state index contributed by atoms with van der Waals surface area (Å²) in [6.45, 7) is 9.81. The maximum absolute atomic E-state index is 12.3. The summed E-state index contributed by atoms with van der Waals surface area (Å²) in [7, 11) is -3.07. The number of ether oxygens (including phenoxy) is 1. The molecular weight excluding hydrogens is 238 g/mol. The zero-order valence-corrected chi connectivity index (χ0v) is 12.1. The zero-order valence-electron chi connectivity index (χ0n) is 11.3. The highest BCUT2D eigenvalue weighted by molar-refractivity contribution is 7.92. The van der Waals surface area contributed by atoms with Crippen LogP contribution in [0.5, 0.6) is 0 Å². The summed E-state index contributed by atoms with van der Waals surface area (Å²) in [6, 6.07) is 0. The molecule has 1 aliphatic rings. The lowest BCUT2D eigenvalue weighted by Gasteiger charge is -2.21. The molecule has 17 heavy (non-hydrogen) atoms. The molecule has 0 spiro atoms. The lowest BCUT2D eigenvalue weighted by Crippen LogP contribution is -2.40. The molecule has 1 fully saturated rings. The molecule has 0 bridgehead atoms. The van der Waals surface area contributed by atoms with E-state index in [4.69, 9.17) is 4.74 Å². The van der Waals surface area contributed by atoms with Crippen LogP contribution in [0, 0.1) is 5.92 Å². The molecule has 0 radical (unpaired) electrons. The van der Waals surface area contributed by atoms with E-state index in [0.29, 0.717) is 25.5 Å². The first-order chi connectivity index (χ1) is 7.85. The van der Waals surface area contributed by atoms with Gasteiger partial charge in [0.25, 0.3) is 0 Å². The molecule has 1 rings (SSSR count). The molecule has 0 amide bonds. The summed E-state index contributed by atoms with van der Waals surface area (Å²) in [5.41, 5.74) is 0. The largest absolute Gasteiger partial charge is 0.377 e. The normalized spacial score (nSPS) is 27.6. The number of nitrogens with one attached hydrogen (secondary N) is 1. The molecule has 0 aromatic rings. The van der Waals surface area contributed by atoms with Gasteiger partial charge in [0, 0.05) is 13.2 Å². The summed E-state index contributed by atoms with van der Waals surface area (Å²) < 4.78 is 29.9. The van der Waals surface area contributed by atoms with Gasteiger partial charge in [-0.3, -0.25) is 0 Å². The van der Waals surface area contributed by atoms with E-state index in [9.17, 15) is 8.42 Å². The maximum Gasteiger partial charge on any atom is 0.159 e. The Morgan fingerprint density at radius 3 is 2.41 bits per heavy atom. The molecule has 1 aliphatic heterocycles. The van der Waals surface area contributed by atoms with E-state index >= 15 is 0 Å². The molecule has 0 aromatic heterocycles. The third kappa shape index (κ3) is 3.93. The molecule has 3 unspecified atom stereocenters. The average Bonchev–Trinajstić information content (AvgIpc) is 2.64. The predicted octanol–water partition coefficient (Wildman–Crippen LogP) is 1.21. The summed E-state index contributed by atoms with van der Waals surface area (Å²) in [5.74, 6) is 0.540. The Hall–Kier alpha value is -0.130. The zero-order chi connectivity index (χ0) is 13.1. The SMILES string of the molecule is CC(C)CNCC(C)S(=O)(=O)C1CCOC1C. The van der Waals surface area contributed by atoms with Crippen molar-refractivity contribution >= 4 is 9.84 Å². The van der Waals surface area contributed by atoms with Gasteiger partial charge in [-0.25, -0.2) is 8.42 Å². The first-order valence-electron chi connectivity index (χ1n) is 6.40. The molecule has 0 saturated carbocycles. The minimum absolute atomic E-state index is 0.160. The molecule has 102 valence electrons. The van der Waals surface area contributed by atoms with Gasteiger partial charge in [-0.1, -0.05) is 13.8 Å². The minimum atomic E-state index is -3.07. The fourth-order valence-corrected chi connectivity index (χ4v) is 4.12. The van der Waals surface area contributed by atoms with Gasteiger partial charge in [0.1, 0.15) is 0 Å². The smallest absolute Gasteiger partial charge is 0.159 e. The predicted molar refractivity (Wildman–Crippen MR) is 69.9 cm³/mol. The van der Waals surface area contributed by atoms with E-state index in [1.165, 1.54) is 0 Å². The van der Waals surface area contributed by atoms with Crippen LogP contribution in [0.3, 0.4) is 0 Å². The Morgan fingerprint density at radius 2 is 1.94 bits per heavy atom. The molecule has 3 atom stereocenters. The number of hydrogen-bond donors (Lipinski definition) is 1. The van der Waals surface area contributed by atoms with Crippen molar-refractivity contribution in [3.63, 3.8) is 0 Å². The number of sulfone groups is 1. The highest BCUT2D eigenvalue weighted by Gasteiger charge is 2.38. The third-order valence-corrected chi connectivity index (χ3v) is 6.03. The maximum atomic E-state index is 12.3. The van der Waals surface area contributed by atoms with Crippen LogP contribution in [0.4, 0.5) is 0 Å². The van der Waals surface area contributed by atoms with Crippen LogP contribution in [-0.2, 0) is 14.6 Å². The Labute approximate surface area is 105 Å². The van der Waals surface area contributed by atoms with Crippen molar-refractivity contribution in [1.82, 2.24) is 5.32 Å². The van der Waals surface area contributed by atoms with Crippen LogP contribution in [0.15, 0.2) is 0 Å². The van der Waals surface area contributed by atoms with Crippen molar-refractivity contribution in [2.45, 2.75) is 50.7 Å². The second-order valence-electron chi connectivity index (χ2n) is 5.35. The molecule has 0 aliphatic carbocycles. The highest BCUT2D eigenvalue weighted by Crippen LogP contribution is 2.23. The summed E-state index contributed by atoms with van der Waals surface area (Å²) >= 11 is 0. The van der Waals surface area contributed by atoms with Crippen LogP contribution >= 0.6 is 0 Å². The number of hydrogen-bond acceptors (Lipinski definition) is 4. The summed E-state index contributed by atoms with van der Waals surface area (Å²) in [4.78, 5) is 0. The van der Waals surface area contributed by atoms with Gasteiger partial charge in [0.15, 0.2) is 9.84 Å². The minimum Gasteiger partial charge on any atom is -0.377 e.